The Morgan fingerprint density at radius 1 is 1.13 bits per heavy atom. The third-order valence-corrected chi connectivity index (χ3v) is 7.92. The van der Waals surface area contributed by atoms with E-state index in [0.717, 1.165) is 12.8 Å². The van der Waals surface area contributed by atoms with Crippen molar-refractivity contribution < 1.29 is 18.7 Å². The minimum atomic E-state index is -0.552. The number of hydrogen-bond acceptors (Lipinski definition) is 8. The van der Waals surface area contributed by atoms with E-state index in [1.165, 1.54) is 19.2 Å². The zero-order chi connectivity index (χ0) is 27.7. The number of aromatic nitrogens is 4. The number of amides is 2. The number of carbonyl (C=O) groups is 2. The Kier molecular flexibility index (Phi) is 7.94. The summed E-state index contributed by atoms with van der Waals surface area (Å²) in [5, 5.41) is 6.72. The molecule has 4 N–H and O–H groups in total. The number of nitrogens with two attached hydrogens (primary N) is 1. The van der Waals surface area contributed by atoms with Crippen LogP contribution in [0, 0.1) is 11.7 Å². The van der Waals surface area contributed by atoms with Crippen molar-refractivity contribution in [1.29, 1.82) is 0 Å². The molecule has 0 radical (unpaired) electrons. The van der Waals surface area contributed by atoms with E-state index in [1.807, 2.05) is 4.57 Å². The third kappa shape index (κ3) is 5.81. The number of methoxy groups -OCH3 is 1. The van der Waals surface area contributed by atoms with Crippen molar-refractivity contribution in [1.82, 2.24) is 24.4 Å². The van der Waals surface area contributed by atoms with Crippen molar-refractivity contribution in [2.75, 3.05) is 30.8 Å². The van der Waals surface area contributed by atoms with Crippen LogP contribution < -0.4 is 16.4 Å². The van der Waals surface area contributed by atoms with Crippen molar-refractivity contribution in [3.8, 4) is 0 Å². The number of nitrogens with zero attached hydrogens (tertiary/aromatic N) is 5. The molecule has 0 unspecified atom stereocenters. The van der Waals surface area contributed by atoms with E-state index in [9.17, 15) is 14.0 Å². The first-order chi connectivity index (χ1) is 18.7. The van der Waals surface area contributed by atoms with E-state index < -0.39 is 5.82 Å². The molecule has 0 bridgehead atoms. The highest BCUT2D eigenvalue weighted by Gasteiger charge is 2.30. The summed E-state index contributed by atoms with van der Waals surface area (Å²) in [6.45, 7) is 1.11. The van der Waals surface area contributed by atoms with Gasteiger partial charge in [-0.2, -0.15) is 4.98 Å². The van der Waals surface area contributed by atoms with Gasteiger partial charge in [0.25, 0.3) is 0 Å². The molecule has 0 spiro atoms. The Morgan fingerprint density at radius 2 is 1.85 bits per heavy atom. The number of piperidine rings is 1. The minimum absolute atomic E-state index is 0.0432. The third-order valence-electron chi connectivity index (χ3n) is 7.33. The molecule has 2 amide bonds. The van der Waals surface area contributed by atoms with Crippen LogP contribution in [0.15, 0.2) is 18.3 Å². The number of hydrogen-bond donors (Lipinski definition) is 3. The largest absolute Gasteiger partial charge is 0.453 e. The second-order valence-corrected chi connectivity index (χ2v) is 10.7. The van der Waals surface area contributed by atoms with Gasteiger partial charge in [0.05, 0.1) is 29.0 Å². The second kappa shape index (κ2) is 11.4. The lowest BCUT2D eigenvalue weighted by Crippen LogP contribution is -2.45. The number of primary amides is 1. The van der Waals surface area contributed by atoms with Crippen LogP contribution in [0.5, 0.6) is 0 Å². The Morgan fingerprint density at radius 3 is 2.51 bits per heavy atom. The maximum absolute atomic E-state index is 13.8. The first-order valence-corrected chi connectivity index (χ1v) is 13.5. The predicted octanol–water partition coefficient (Wildman–Crippen LogP) is 4.88. The fourth-order valence-electron chi connectivity index (χ4n) is 5.36. The van der Waals surface area contributed by atoms with Crippen LogP contribution in [0.1, 0.15) is 44.6 Å². The van der Waals surface area contributed by atoms with Crippen molar-refractivity contribution in [3.63, 3.8) is 0 Å². The number of rotatable bonds is 6. The summed E-state index contributed by atoms with van der Waals surface area (Å²) in [5.74, 6) is -0.206. The maximum atomic E-state index is 13.8. The number of fused-ring (bicyclic) bond motifs is 1. The average Bonchev–Trinajstić information content (AvgIpc) is 3.27. The van der Waals surface area contributed by atoms with E-state index in [0.29, 0.717) is 67.5 Å². The molecule has 2 aliphatic rings. The van der Waals surface area contributed by atoms with Crippen LogP contribution in [0.25, 0.3) is 11.2 Å². The first-order valence-electron chi connectivity index (χ1n) is 12.8. The molecule has 2 aromatic heterocycles. The van der Waals surface area contributed by atoms with Crippen molar-refractivity contribution in [3.05, 3.63) is 34.2 Å². The molecular formula is C25H29Cl2FN8O3. The van der Waals surface area contributed by atoms with Crippen molar-refractivity contribution in [2.45, 2.75) is 50.6 Å². The summed E-state index contributed by atoms with van der Waals surface area (Å²) in [5.41, 5.74) is 6.98. The smallest absolute Gasteiger partial charge is 0.409 e. The number of halogens is 3. The van der Waals surface area contributed by atoms with Gasteiger partial charge in [-0.1, -0.05) is 23.2 Å². The van der Waals surface area contributed by atoms with Gasteiger partial charge in [-0.25, -0.2) is 19.2 Å². The van der Waals surface area contributed by atoms with E-state index >= 15 is 0 Å². The molecule has 1 aromatic carbocycles. The van der Waals surface area contributed by atoms with Crippen LogP contribution in [0.4, 0.5) is 26.8 Å². The molecule has 5 rings (SSSR count). The topological polar surface area (TPSA) is 140 Å². The van der Waals surface area contributed by atoms with Crippen LogP contribution >= 0.6 is 23.2 Å². The SMILES string of the molecule is COC(=O)N1CCC[C@@H](Nc2ncc3nc(Nc4c(Cl)cc(F)cc4Cl)n([C@H]4CC[C@@H](C(N)=O)CC4)c3n2)C1. The molecule has 39 heavy (non-hydrogen) atoms. The Labute approximate surface area is 234 Å². The number of benzene rings is 1. The summed E-state index contributed by atoms with van der Waals surface area (Å²) in [4.78, 5) is 39.4. The van der Waals surface area contributed by atoms with Gasteiger partial charge in [-0.05, 0) is 50.7 Å². The lowest BCUT2D eigenvalue weighted by Gasteiger charge is -2.32. The Hall–Kier alpha value is -3.38. The minimum Gasteiger partial charge on any atom is -0.453 e. The molecule has 1 saturated carbocycles. The van der Waals surface area contributed by atoms with Gasteiger partial charge in [-0.15, -0.1) is 0 Å². The highest BCUT2D eigenvalue weighted by molar-refractivity contribution is 6.39. The number of nitrogens with one attached hydrogen (secondary N) is 2. The maximum Gasteiger partial charge on any atom is 0.409 e. The normalized spacial score (nSPS) is 21.5. The van der Waals surface area contributed by atoms with Gasteiger partial charge in [0.15, 0.2) is 5.65 Å². The number of ether oxygens (including phenoxy) is 1. The number of carbonyl (C=O) groups excluding carboxylic acids is 2. The van der Waals surface area contributed by atoms with Crippen LogP contribution in [-0.4, -0.2) is 62.7 Å². The number of imidazole rings is 1. The molecule has 1 aliphatic heterocycles. The summed E-state index contributed by atoms with van der Waals surface area (Å²) >= 11 is 12.6. The highest BCUT2D eigenvalue weighted by atomic mass is 35.5. The predicted molar refractivity (Wildman–Crippen MR) is 146 cm³/mol. The van der Waals surface area contributed by atoms with Gasteiger partial charge in [0.1, 0.15) is 11.3 Å². The van der Waals surface area contributed by atoms with Gasteiger partial charge in [-0.3, -0.25) is 9.36 Å². The summed E-state index contributed by atoms with van der Waals surface area (Å²) in [6.07, 6.45) is 5.57. The zero-order valence-electron chi connectivity index (χ0n) is 21.3. The van der Waals surface area contributed by atoms with Crippen LogP contribution in [0.3, 0.4) is 0 Å². The van der Waals surface area contributed by atoms with E-state index in [2.05, 4.69) is 15.6 Å². The van der Waals surface area contributed by atoms with E-state index in [4.69, 9.17) is 43.6 Å². The van der Waals surface area contributed by atoms with E-state index in [1.54, 1.807) is 11.1 Å². The molecule has 11 nitrogen and oxygen atoms in total. The highest BCUT2D eigenvalue weighted by Crippen LogP contribution is 2.39. The van der Waals surface area contributed by atoms with Crippen LogP contribution in [-0.2, 0) is 9.53 Å². The number of likely N-dealkylation sites (tertiary alicyclic amines) is 1. The Bertz CT molecular complexity index is 1370. The molecule has 1 saturated heterocycles. The van der Waals surface area contributed by atoms with Crippen molar-refractivity contribution in [2.24, 2.45) is 11.7 Å². The van der Waals surface area contributed by atoms with Crippen LogP contribution in [0.2, 0.25) is 10.0 Å². The van der Waals surface area contributed by atoms with Gasteiger partial charge >= 0.3 is 6.09 Å². The standard InChI is InChI=1S/C25H29Cl2FN8O3/c1-39-25(38)35-8-2-3-15(12-35)31-23-30-11-19-22(34-23)36(16-6-4-13(5-7-16)21(29)37)24(32-19)33-20-17(26)9-14(28)10-18(20)27/h9-11,13,15-16H,2-8,12H2,1H3,(H2,29,37)(H,32,33)(H,30,31,34)/t13-,15-,16+/m1/s1. The van der Waals surface area contributed by atoms with Gasteiger partial charge in [0, 0.05) is 31.1 Å². The number of anilines is 3. The van der Waals surface area contributed by atoms with Crippen molar-refractivity contribution >= 4 is 64.0 Å². The zero-order valence-corrected chi connectivity index (χ0v) is 22.8. The van der Waals surface area contributed by atoms with E-state index in [-0.39, 0.29) is 40.0 Å². The average molecular weight is 579 g/mol. The summed E-state index contributed by atoms with van der Waals surface area (Å²) in [7, 11) is 1.37. The fourth-order valence-corrected chi connectivity index (χ4v) is 5.91. The molecule has 208 valence electrons. The quantitative estimate of drug-likeness (QED) is 0.376. The second-order valence-electron chi connectivity index (χ2n) is 9.88. The fraction of sp³-hybridized carbons (Fsp3) is 0.480. The molecular weight excluding hydrogens is 550 g/mol. The lowest BCUT2D eigenvalue weighted by atomic mass is 9.85. The lowest BCUT2D eigenvalue weighted by molar-refractivity contribution is -0.122. The molecule has 1 aliphatic carbocycles. The molecule has 1 atom stereocenters. The summed E-state index contributed by atoms with van der Waals surface area (Å²) < 4.78 is 20.6. The molecule has 14 heteroatoms. The first kappa shape index (κ1) is 27.2. The van der Waals surface area contributed by atoms with Gasteiger partial charge < -0.3 is 26.0 Å². The summed E-state index contributed by atoms with van der Waals surface area (Å²) in [6, 6.07) is 2.25. The molecule has 2 fully saturated rings. The monoisotopic (exact) mass is 578 g/mol. The van der Waals surface area contributed by atoms with Gasteiger partial charge in [0.2, 0.25) is 17.8 Å². The molecule has 3 heterocycles. The Balaban J connectivity index is 1.48. The molecule has 3 aromatic rings.